The van der Waals surface area contributed by atoms with E-state index < -0.39 is 11.7 Å². The second-order valence-corrected chi connectivity index (χ2v) is 12.6. The summed E-state index contributed by atoms with van der Waals surface area (Å²) >= 11 is 3.22. The first kappa shape index (κ1) is 29.2. The van der Waals surface area contributed by atoms with Crippen LogP contribution in [0.25, 0.3) is 22.2 Å². The van der Waals surface area contributed by atoms with Crippen LogP contribution in [0.4, 0.5) is 10.1 Å². The SMILES string of the molecule is CC(C)Cc1nc2c(cnn2C2CCN(C)CC2)c(-c2ccc3c(c2)OCC(=O)N3Cc2ncc(Br)cc2F)c1C(N)=O. The normalized spacial score (nSPS) is 16.1. The molecule has 1 saturated heterocycles. The van der Waals surface area contributed by atoms with E-state index in [0.717, 1.165) is 37.0 Å². The van der Waals surface area contributed by atoms with E-state index in [0.29, 0.717) is 44.7 Å². The molecule has 0 radical (unpaired) electrons. The van der Waals surface area contributed by atoms with Crippen LogP contribution in [0.2, 0.25) is 0 Å². The molecule has 0 spiro atoms. The number of anilines is 1. The van der Waals surface area contributed by atoms with E-state index >= 15 is 0 Å². The summed E-state index contributed by atoms with van der Waals surface area (Å²) < 4.78 is 23.0. The average molecular weight is 651 g/mol. The third kappa shape index (κ3) is 5.61. The highest BCUT2D eigenvalue weighted by Crippen LogP contribution is 2.41. The number of primary amides is 1. The third-order valence-electron chi connectivity index (χ3n) is 8.08. The predicted molar refractivity (Wildman–Crippen MR) is 164 cm³/mol. The molecule has 2 aliphatic rings. The van der Waals surface area contributed by atoms with Gasteiger partial charge in [0, 0.05) is 21.6 Å². The molecule has 0 bridgehead atoms. The van der Waals surface area contributed by atoms with Crippen LogP contribution in [0.15, 0.2) is 41.1 Å². The van der Waals surface area contributed by atoms with Crippen LogP contribution in [0.5, 0.6) is 5.75 Å². The quantitative estimate of drug-likeness (QED) is 0.303. The van der Waals surface area contributed by atoms with E-state index in [4.69, 9.17) is 20.6 Å². The van der Waals surface area contributed by atoms with Gasteiger partial charge in [-0.15, -0.1) is 0 Å². The Labute approximate surface area is 257 Å². The summed E-state index contributed by atoms with van der Waals surface area (Å²) in [6, 6.07) is 6.89. The molecule has 1 fully saturated rings. The van der Waals surface area contributed by atoms with Crippen LogP contribution < -0.4 is 15.4 Å². The number of hydrogen-bond acceptors (Lipinski definition) is 7. The van der Waals surface area contributed by atoms with Gasteiger partial charge in [0.15, 0.2) is 12.3 Å². The van der Waals surface area contributed by atoms with Crippen LogP contribution in [-0.2, 0) is 17.8 Å². The number of piperidine rings is 1. The van der Waals surface area contributed by atoms with Crippen LogP contribution in [-0.4, -0.2) is 63.2 Å². The number of hydrogen-bond donors (Lipinski definition) is 1. The highest BCUT2D eigenvalue weighted by Gasteiger charge is 2.30. The summed E-state index contributed by atoms with van der Waals surface area (Å²) in [5, 5.41) is 5.50. The minimum absolute atomic E-state index is 0.0540. The number of ether oxygens (including phenoxy) is 1. The fourth-order valence-electron chi connectivity index (χ4n) is 5.96. The lowest BCUT2D eigenvalue weighted by atomic mass is 9.92. The second kappa shape index (κ2) is 11.6. The minimum atomic E-state index is -0.570. The molecule has 4 aromatic rings. The monoisotopic (exact) mass is 649 g/mol. The average Bonchev–Trinajstić information content (AvgIpc) is 3.38. The number of nitrogens with two attached hydrogens (primary N) is 1. The second-order valence-electron chi connectivity index (χ2n) is 11.7. The lowest BCUT2D eigenvalue weighted by Crippen LogP contribution is -2.38. The zero-order valence-electron chi connectivity index (χ0n) is 24.3. The summed E-state index contributed by atoms with van der Waals surface area (Å²) in [5.74, 6) is -0.736. The summed E-state index contributed by atoms with van der Waals surface area (Å²) in [5.41, 5.74) is 9.69. The standard InChI is InChI=1S/C31H33BrFN7O3/c1-17(2)10-23-29(30(34)42)28(21-14-36-40(31(21)37-23)20-6-8-38(3)9-7-20)18-4-5-25-26(11-18)43-16-27(41)39(25)15-24-22(33)12-19(32)13-35-24/h4-5,11-14,17,20H,6-10,15-16H2,1-3H3,(H2,34,42). The molecular weight excluding hydrogens is 617 g/mol. The molecule has 0 aliphatic carbocycles. The molecule has 10 nitrogen and oxygen atoms in total. The Hall–Kier alpha value is -3.90. The number of aromatic nitrogens is 4. The molecule has 43 heavy (non-hydrogen) atoms. The topological polar surface area (TPSA) is 119 Å². The number of likely N-dealkylation sites (tertiary alicyclic amines) is 1. The number of benzene rings is 1. The molecule has 0 unspecified atom stereocenters. The van der Waals surface area contributed by atoms with E-state index in [1.165, 1.54) is 17.2 Å². The molecule has 3 aromatic heterocycles. The first-order valence-electron chi connectivity index (χ1n) is 14.4. The maximum Gasteiger partial charge on any atom is 0.265 e. The summed E-state index contributed by atoms with van der Waals surface area (Å²) in [6.07, 6.45) is 5.72. The van der Waals surface area contributed by atoms with Crippen LogP contribution in [0.1, 0.15) is 54.5 Å². The van der Waals surface area contributed by atoms with E-state index in [1.54, 1.807) is 18.3 Å². The Morgan fingerprint density at radius 2 is 1.95 bits per heavy atom. The Bertz CT molecular complexity index is 1730. The van der Waals surface area contributed by atoms with Crippen LogP contribution in [0.3, 0.4) is 0 Å². The van der Waals surface area contributed by atoms with Crippen molar-refractivity contribution in [1.82, 2.24) is 24.6 Å². The van der Waals surface area contributed by atoms with Gasteiger partial charge in [0.25, 0.3) is 11.8 Å². The molecule has 2 N–H and O–H groups in total. The molecule has 12 heteroatoms. The number of rotatable bonds is 7. The molecule has 1 aromatic carbocycles. The molecular formula is C31H33BrFN7O3. The summed E-state index contributed by atoms with van der Waals surface area (Å²) in [6.45, 7) is 5.82. The van der Waals surface area contributed by atoms with Gasteiger partial charge in [-0.2, -0.15) is 5.10 Å². The molecule has 2 aliphatic heterocycles. The molecule has 0 saturated carbocycles. The number of carbonyl (C=O) groups excluding carboxylic acids is 2. The lowest BCUT2D eigenvalue weighted by molar-refractivity contribution is -0.121. The number of amides is 2. The first-order valence-corrected chi connectivity index (χ1v) is 15.2. The Morgan fingerprint density at radius 1 is 1.19 bits per heavy atom. The number of fused-ring (bicyclic) bond motifs is 2. The smallest absolute Gasteiger partial charge is 0.265 e. The number of carbonyl (C=O) groups is 2. The van der Waals surface area contributed by atoms with Gasteiger partial charge in [-0.25, -0.2) is 14.1 Å². The summed E-state index contributed by atoms with van der Waals surface area (Å²) in [7, 11) is 2.12. The highest BCUT2D eigenvalue weighted by molar-refractivity contribution is 9.10. The van der Waals surface area contributed by atoms with Crippen molar-refractivity contribution in [3.63, 3.8) is 0 Å². The first-order chi connectivity index (χ1) is 20.6. The number of nitrogens with zero attached hydrogens (tertiary/aromatic N) is 6. The zero-order valence-corrected chi connectivity index (χ0v) is 25.9. The van der Waals surface area contributed by atoms with E-state index in [9.17, 15) is 14.0 Å². The van der Waals surface area contributed by atoms with Gasteiger partial charge in [-0.05, 0) is 85.0 Å². The number of pyridine rings is 2. The molecule has 224 valence electrons. The summed E-state index contributed by atoms with van der Waals surface area (Å²) in [4.78, 5) is 38.9. The molecule has 2 amide bonds. The largest absolute Gasteiger partial charge is 0.482 e. The third-order valence-corrected chi connectivity index (χ3v) is 8.52. The van der Waals surface area contributed by atoms with Gasteiger partial charge in [0.05, 0.1) is 41.4 Å². The van der Waals surface area contributed by atoms with E-state index in [-0.39, 0.29) is 36.7 Å². The Balaban J connectivity index is 1.48. The predicted octanol–water partition coefficient (Wildman–Crippen LogP) is 4.88. The molecule has 0 atom stereocenters. The lowest BCUT2D eigenvalue weighted by Gasteiger charge is -2.30. The van der Waals surface area contributed by atoms with Crippen molar-refractivity contribution in [3.05, 3.63) is 63.9 Å². The molecule has 5 heterocycles. The van der Waals surface area contributed by atoms with Gasteiger partial charge >= 0.3 is 0 Å². The van der Waals surface area contributed by atoms with Gasteiger partial charge in [-0.1, -0.05) is 19.9 Å². The number of halogens is 2. The van der Waals surface area contributed by atoms with Gasteiger partial charge in [-0.3, -0.25) is 19.5 Å². The van der Waals surface area contributed by atoms with Gasteiger partial charge in [0.1, 0.15) is 11.6 Å². The van der Waals surface area contributed by atoms with E-state index in [2.05, 4.69) is 46.7 Å². The van der Waals surface area contributed by atoms with Gasteiger partial charge in [0.2, 0.25) is 0 Å². The Morgan fingerprint density at radius 3 is 2.65 bits per heavy atom. The zero-order chi connectivity index (χ0) is 30.4. The fourth-order valence-corrected chi connectivity index (χ4v) is 6.26. The van der Waals surface area contributed by atoms with Gasteiger partial charge < -0.3 is 15.4 Å². The fraction of sp³-hybridized carbons (Fsp3) is 0.387. The van der Waals surface area contributed by atoms with Crippen LogP contribution >= 0.6 is 15.9 Å². The van der Waals surface area contributed by atoms with Crippen molar-refractivity contribution in [1.29, 1.82) is 0 Å². The Kier molecular flexibility index (Phi) is 7.91. The van der Waals surface area contributed by atoms with Crippen molar-refractivity contribution < 1.29 is 18.7 Å². The van der Waals surface area contributed by atoms with Crippen molar-refractivity contribution in [2.24, 2.45) is 11.7 Å². The van der Waals surface area contributed by atoms with Crippen LogP contribution in [0, 0.1) is 11.7 Å². The maximum atomic E-state index is 14.6. The van der Waals surface area contributed by atoms with Crippen molar-refractivity contribution in [3.8, 4) is 16.9 Å². The minimum Gasteiger partial charge on any atom is -0.482 e. The molecule has 6 rings (SSSR count). The van der Waals surface area contributed by atoms with E-state index in [1.807, 2.05) is 10.7 Å². The highest BCUT2D eigenvalue weighted by atomic mass is 79.9. The maximum absolute atomic E-state index is 14.6. The van der Waals surface area contributed by atoms with Crippen molar-refractivity contribution >= 4 is 44.5 Å². The van der Waals surface area contributed by atoms with Crippen molar-refractivity contribution in [2.75, 3.05) is 31.6 Å². The van der Waals surface area contributed by atoms with Crippen molar-refractivity contribution in [2.45, 2.75) is 45.7 Å².